The molecule has 2 nitrogen and oxygen atoms in total. The Labute approximate surface area is 146 Å². The molecule has 3 aromatic rings. The van der Waals surface area contributed by atoms with Gasteiger partial charge in [0.1, 0.15) is 0 Å². The van der Waals surface area contributed by atoms with E-state index in [9.17, 15) is 0 Å². The molecule has 1 heterocycles. The second-order valence-corrected chi connectivity index (χ2v) is 6.88. The van der Waals surface area contributed by atoms with Crippen molar-refractivity contribution in [2.24, 2.45) is 4.99 Å². The first kappa shape index (κ1) is 15.0. The highest BCUT2D eigenvalue weighted by Crippen LogP contribution is 2.26. The average Bonchev–Trinajstić information content (AvgIpc) is 2.62. The second-order valence-electron chi connectivity index (χ2n) is 5.87. The summed E-state index contributed by atoms with van der Waals surface area (Å²) in [6, 6.07) is 23.3. The molecule has 0 spiro atoms. The van der Waals surface area contributed by atoms with Crippen molar-refractivity contribution in [2.45, 2.75) is 6.92 Å². The molecule has 0 amide bonds. The monoisotopic (exact) mass is 330 g/mol. The van der Waals surface area contributed by atoms with E-state index < -0.39 is 0 Å². The molecule has 0 radical (unpaired) electrons. The van der Waals surface area contributed by atoms with E-state index in [-0.39, 0.29) is 0 Å². The van der Waals surface area contributed by atoms with Crippen molar-refractivity contribution in [3.63, 3.8) is 0 Å². The van der Waals surface area contributed by atoms with E-state index in [1.807, 2.05) is 0 Å². The molecule has 0 aromatic heterocycles. The first-order valence-corrected chi connectivity index (χ1v) is 9.01. The van der Waals surface area contributed by atoms with Crippen molar-refractivity contribution in [3.05, 3.63) is 83.9 Å². The molecule has 4 rings (SSSR count). The Hall–Kier alpha value is -2.52. The van der Waals surface area contributed by atoms with Gasteiger partial charge in [0.2, 0.25) is 0 Å². The maximum absolute atomic E-state index is 4.79. The zero-order valence-corrected chi connectivity index (χ0v) is 14.3. The van der Waals surface area contributed by atoms with Gasteiger partial charge in [0.05, 0.1) is 5.70 Å². The van der Waals surface area contributed by atoms with Gasteiger partial charge in [0.15, 0.2) is 5.17 Å². The summed E-state index contributed by atoms with van der Waals surface area (Å²) in [6.07, 6.45) is 2.18. The van der Waals surface area contributed by atoms with E-state index in [0.29, 0.717) is 0 Å². The van der Waals surface area contributed by atoms with Crippen LogP contribution in [-0.4, -0.2) is 10.9 Å². The highest BCUT2D eigenvalue weighted by Gasteiger charge is 2.10. The van der Waals surface area contributed by atoms with E-state index in [2.05, 4.69) is 85.0 Å². The molecule has 0 bridgehead atoms. The van der Waals surface area contributed by atoms with Crippen LogP contribution in [0.15, 0.2) is 77.8 Å². The lowest BCUT2D eigenvalue weighted by Gasteiger charge is -2.15. The highest BCUT2D eigenvalue weighted by molar-refractivity contribution is 8.14. The fourth-order valence-corrected chi connectivity index (χ4v) is 3.50. The smallest absolute Gasteiger partial charge is 0.166 e. The van der Waals surface area contributed by atoms with Gasteiger partial charge in [-0.1, -0.05) is 71.9 Å². The van der Waals surface area contributed by atoms with Gasteiger partial charge < -0.3 is 5.32 Å². The molecule has 1 aliphatic heterocycles. The van der Waals surface area contributed by atoms with Crippen molar-refractivity contribution in [3.8, 4) is 0 Å². The average molecular weight is 330 g/mol. The Morgan fingerprint density at radius 3 is 2.54 bits per heavy atom. The van der Waals surface area contributed by atoms with Gasteiger partial charge in [-0.05, 0) is 41.5 Å². The van der Waals surface area contributed by atoms with Crippen LogP contribution in [-0.2, 0) is 0 Å². The van der Waals surface area contributed by atoms with E-state index in [4.69, 9.17) is 4.99 Å². The predicted octanol–water partition coefficient (Wildman–Crippen LogP) is 5.70. The third kappa shape index (κ3) is 3.22. The summed E-state index contributed by atoms with van der Waals surface area (Å²) in [5.74, 6) is 0.933. The van der Waals surface area contributed by atoms with E-state index in [0.717, 1.165) is 22.3 Å². The molecule has 3 heteroatoms. The number of anilines is 1. The number of nitrogens with zero attached hydrogens (tertiary/aromatic N) is 1. The number of nitrogens with one attached hydrogen (secondary N) is 1. The topological polar surface area (TPSA) is 24.4 Å². The molecule has 0 atom stereocenters. The fourth-order valence-electron chi connectivity index (χ4n) is 2.75. The lowest BCUT2D eigenvalue weighted by atomic mass is 10.1. The summed E-state index contributed by atoms with van der Waals surface area (Å²) in [6.45, 7) is 2.10. The van der Waals surface area contributed by atoms with E-state index in [1.54, 1.807) is 11.8 Å². The van der Waals surface area contributed by atoms with Crippen molar-refractivity contribution < 1.29 is 0 Å². The second kappa shape index (κ2) is 6.54. The molecular weight excluding hydrogens is 312 g/mol. The lowest BCUT2D eigenvalue weighted by molar-refractivity contribution is 1.42. The van der Waals surface area contributed by atoms with Crippen LogP contribution in [0, 0.1) is 6.92 Å². The summed E-state index contributed by atoms with van der Waals surface area (Å²) < 4.78 is 0. The fraction of sp³-hybridized carbons (Fsp3) is 0.0952. The van der Waals surface area contributed by atoms with Crippen LogP contribution >= 0.6 is 11.8 Å². The largest absolute Gasteiger partial charge is 0.335 e. The molecule has 0 fully saturated rings. The van der Waals surface area contributed by atoms with Crippen LogP contribution in [0.3, 0.4) is 0 Å². The predicted molar refractivity (Wildman–Crippen MR) is 107 cm³/mol. The molecule has 0 saturated heterocycles. The summed E-state index contributed by atoms with van der Waals surface area (Å²) in [5.41, 5.74) is 4.55. The molecule has 118 valence electrons. The minimum absolute atomic E-state index is 0.933. The molecule has 24 heavy (non-hydrogen) atoms. The number of thioether (sulfide) groups is 1. The maximum atomic E-state index is 4.79. The van der Waals surface area contributed by atoms with Crippen molar-refractivity contribution >= 4 is 39.1 Å². The number of rotatable bonds is 2. The number of aliphatic imine (C=N–C) groups is 1. The van der Waals surface area contributed by atoms with Gasteiger partial charge in [0.25, 0.3) is 0 Å². The molecule has 0 unspecified atom stereocenters. The molecule has 3 aromatic carbocycles. The molecule has 0 aliphatic carbocycles. The minimum Gasteiger partial charge on any atom is -0.335 e. The zero-order chi connectivity index (χ0) is 16.4. The van der Waals surface area contributed by atoms with Gasteiger partial charge in [-0.15, -0.1) is 0 Å². The minimum atomic E-state index is 0.933. The van der Waals surface area contributed by atoms with Crippen molar-refractivity contribution in [2.75, 3.05) is 11.1 Å². The molecule has 0 saturated carbocycles. The Balaban J connectivity index is 1.59. The van der Waals surface area contributed by atoms with Crippen LogP contribution in [0.1, 0.15) is 11.1 Å². The number of amidine groups is 1. The molecular formula is C21H18N2S. The molecule has 1 N–H and O–H groups in total. The Bertz CT molecular complexity index is 939. The zero-order valence-electron chi connectivity index (χ0n) is 13.5. The van der Waals surface area contributed by atoms with Crippen LogP contribution in [0.4, 0.5) is 5.69 Å². The number of aryl methyl sites for hydroxylation is 1. The van der Waals surface area contributed by atoms with E-state index >= 15 is 0 Å². The Morgan fingerprint density at radius 2 is 1.71 bits per heavy atom. The van der Waals surface area contributed by atoms with Gasteiger partial charge in [-0.2, -0.15) is 0 Å². The van der Waals surface area contributed by atoms with Crippen LogP contribution in [0.2, 0.25) is 0 Å². The number of hydrogen-bond acceptors (Lipinski definition) is 3. The van der Waals surface area contributed by atoms with E-state index in [1.165, 1.54) is 21.9 Å². The van der Waals surface area contributed by atoms with Gasteiger partial charge >= 0.3 is 0 Å². The van der Waals surface area contributed by atoms with Crippen LogP contribution in [0.5, 0.6) is 0 Å². The molecule has 1 aliphatic rings. The summed E-state index contributed by atoms with van der Waals surface area (Å²) in [7, 11) is 0. The lowest BCUT2D eigenvalue weighted by Crippen LogP contribution is -2.11. The SMILES string of the molecule is Cc1ccc(C2=CCSC(Nc3ccc4ccccc4c3)=N2)cc1. The standard InChI is InChI=1S/C21H18N2S/c1-15-6-8-17(9-7-15)20-12-13-24-21(23-20)22-19-11-10-16-4-2-3-5-18(16)14-19/h2-12,14H,13H2,1H3,(H,22,23). The maximum Gasteiger partial charge on any atom is 0.166 e. The normalized spacial score (nSPS) is 14.2. The summed E-state index contributed by atoms with van der Waals surface area (Å²) >= 11 is 1.73. The first-order valence-electron chi connectivity index (χ1n) is 8.02. The third-order valence-corrected chi connectivity index (χ3v) is 4.87. The van der Waals surface area contributed by atoms with Crippen LogP contribution in [0.25, 0.3) is 16.5 Å². The quantitative estimate of drug-likeness (QED) is 0.651. The summed E-state index contributed by atoms with van der Waals surface area (Å²) in [4.78, 5) is 4.79. The van der Waals surface area contributed by atoms with Crippen molar-refractivity contribution in [1.82, 2.24) is 0 Å². The highest BCUT2D eigenvalue weighted by atomic mass is 32.2. The number of hydrogen-bond donors (Lipinski definition) is 1. The first-order chi connectivity index (χ1) is 11.8. The Kier molecular flexibility index (Phi) is 4.09. The van der Waals surface area contributed by atoms with Gasteiger partial charge in [0, 0.05) is 11.4 Å². The van der Waals surface area contributed by atoms with Gasteiger partial charge in [-0.25, -0.2) is 4.99 Å². The third-order valence-electron chi connectivity index (χ3n) is 4.07. The van der Waals surface area contributed by atoms with Crippen molar-refractivity contribution in [1.29, 1.82) is 0 Å². The Morgan fingerprint density at radius 1 is 0.917 bits per heavy atom. The summed E-state index contributed by atoms with van der Waals surface area (Å²) in [5, 5.41) is 6.89. The number of fused-ring (bicyclic) bond motifs is 1. The van der Waals surface area contributed by atoms with Gasteiger partial charge in [-0.3, -0.25) is 0 Å². The number of benzene rings is 3. The van der Waals surface area contributed by atoms with Crippen LogP contribution < -0.4 is 5.32 Å².